The van der Waals surface area contributed by atoms with E-state index in [0.717, 1.165) is 72.2 Å². The molecule has 164 valence electrons. The first-order valence-electron chi connectivity index (χ1n) is 11.6. The summed E-state index contributed by atoms with van der Waals surface area (Å²) in [4.78, 5) is 26.5. The molecule has 2 bridgehead atoms. The van der Waals surface area contributed by atoms with Gasteiger partial charge in [0.25, 0.3) is 0 Å². The number of nitrogens with one attached hydrogen (secondary N) is 1. The number of amides is 1. The predicted molar refractivity (Wildman–Crippen MR) is 127 cm³/mol. The van der Waals surface area contributed by atoms with E-state index in [1.165, 1.54) is 25.7 Å². The number of fused-ring (bicyclic) bond motifs is 3. The van der Waals surface area contributed by atoms with Crippen molar-refractivity contribution in [3.63, 3.8) is 0 Å². The molecule has 31 heavy (non-hydrogen) atoms. The average Bonchev–Trinajstić information content (AvgIpc) is 3.58. The molecule has 4 aliphatic rings. The first-order valence-corrected chi connectivity index (χ1v) is 12.9. The molecular formula is C23H28ClN5OS. The van der Waals surface area contributed by atoms with E-state index < -0.39 is 0 Å². The van der Waals surface area contributed by atoms with Crippen LogP contribution in [0, 0.1) is 5.92 Å². The monoisotopic (exact) mass is 457 g/mol. The van der Waals surface area contributed by atoms with E-state index in [9.17, 15) is 4.79 Å². The molecule has 6 rings (SSSR count). The summed E-state index contributed by atoms with van der Waals surface area (Å²) in [5.41, 5.74) is 0.918. The lowest BCUT2D eigenvalue weighted by molar-refractivity contribution is -0.132. The van der Waals surface area contributed by atoms with E-state index in [2.05, 4.69) is 22.0 Å². The van der Waals surface area contributed by atoms with Crippen LogP contribution in [0.1, 0.15) is 38.5 Å². The van der Waals surface area contributed by atoms with Gasteiger partial charge in [-0.2, -0.15) is 16.7 Å². The molecule has 4 fully saturated rings. The summed E-state index contributed by atoms with van der Waals surface area (Å²) in [6, 6.07) is 6.31. The summed E-state index contributed by atoms with van der Waals surface area (Å²) in [5, 5.41) is 7.03. The van der Waals surface area contributed by atoms with Crippen LogP contribution in [0.5, 0.6) is 0 Å². The van der Waals surface area contributed by atoms with E-state index >= 15 is 0 Å². The molecule has 8 heteroatoms. The van der Waals surface area contributed by atoms with Crippen LogP contribution >= 0.6 is 23.4 Å². The lowest BCUT2D eigenvalue weighted by Crippen LogP contribution is -2.49. The summed E-state index contributed by atoms with van der Waals surface area (Å²) >= 11 is 8.49. The van der Waals surface area contributed by atoms with Gasteiger partial charge in [0.05, 0.1) is 5.52 Å². The number of anilines is 2. The van der Waals surface area contributed by atoms with Crippen molar-refractivity contribution in [3.05, 3.63) is 23.2 Å². The number of halogens is 1. The summed E-state index contributed by atoms with van der Waals surface area (Å²) < 4.78 is 0. The van der Waals surface area contributed by atoms with Gasteiger partial charge >= 0.3 is 0 Å². The van der Waals surface area contributed by atoms with Crippen molar-refractivity contribution >= 4 is 51.9 Å². The molecule has 2 aromatic rings. The van der Waals surface area contributed by atoms with E-state index in [1.54, 1.807) is 0 Å². The van der Waals surface area contributed by atoms with Crippen molar-refractivity contribution in [1.82, 2.24) is 14.9 Å². The Morgan fingerprint density at radius 1 is 1.03 bits per heavy atom. The summed E-state index contributed by atoms with van der Waals surface area (Å²) in [6.07, 6.45) is 7.21. The molecule has 3 aliphatic heterocycles. The molecule has 1 amide bonds. The number of carbonyl (C=O) groups excluding carboxylic acids is 1. The van der Waals surface area contributed by atoms with Gasteiger partial charge in [-0.25, -0.2) is 4.98 Å². The zero-order valence-electron chi connectivity index (χ0n) is 17.6. The van der Waals surface area contributed by atoms with E-state index in [0.29, 0.717) is 17.0 Å². The molecule has 1 aromatic carbocycles. The Kier molecular flexibility index (Phi) is 5.14. The van der Waals surface area contributed by atoms with Crippen LogP contribution in [-0.2, 0) is 4.79 Å². The summed E-state index contributed by atoms with van der Waals surface area (Å²) in [7, 11) is 0. The molecule has 3 saturated heterocycles. The third kappa shape index (κ3) is 4.07. The van der Waals surface area contributed by atoms with E-state index in [4.69, 9.17) is 21.6 Å². The quantitative estimate of drug-likeness (QED) is 0.743. The van der Waals surface area contributed by atoms with Gasteiger partial charge in [-0.3, -0.25) is 4.79 Å². The van der Waals surface area contributed by atoms with Gasteiger partial charge in [0.2, 0.25) is 11.9 Å². The fourth-order valence-corrected chi connectivity index (χ4v) is 7.17. The number of benzene rings is 1. The van der Waals surface area contributed by atoms with Crippen molar-refractivity contribution in [2.24, 2.45) is 5.92 Å². The van der Waals surface area contributed by atoms with Crippen molar-refractivity contribution in [2.45, 2.75) is 55.1 Å². The topological polar surface area (TPSA) is 61.4 Å². The number of piperazine rings is 1. The lowest BCUT2D eigenvalue weighted by atomic mass is 10.1. The lowest BCUT2D eigenvalue weighted by Gasteiger charge is -2.35. The highest BCUT2D eigenvalue weighted by atomic mass is 35.5. The van der Waals surface area contributed by atoms with Crippen molar-refractivity contribution in [1.29, 1.82) is 0 Å². The van der Waals surface area contributed by atoms with Crippen LogP contribution in [0.3, 0.4) is 0 Å². The minimum atomic E-state index is 0.285. The van der Waals surface area contributed by atoms with Gasteiger partial charge in [-0.1, -0.05) is 11.6 Å². The number of thioether (sulfide) groups is 1. The van der Waals surface area contributed by atoms with Crippen molar-refractivity contribution < 1.29 is 4.79 Å². The number of hydrogen-bond donors (Lipinski definition) is 1. The van der Waals surface area contributed by atoms with Crippen LogP contribution in [0.15, 0.2) is 18.2 Å². The molecule has 1 saturated carbocycles. The van der Waals surface area contributed by atoms with Crippen molar-refractivity contribution in [3.8, 4) is 0 Å². The molecular weight excluding hydrogens is 430 g/mol. The first-order chi connectivity index (χ1) is 15.1. The molecule has 0 spiro atoms. The molecule has 1 N–H and O–H groups in total. The second-order valence-electron chi connectivity index (χ2n) is 9.39. The summed E-state index contributed by atoms with van der Waals surface area (Å²) in [5.74, 6) is 2.27. The van der Waals surface area contributed by atoms with Crippen LogP contribution in [0.2, 0.25) is 5.02 Å². The predicted octanol–water partition coefficient (Wildman–Crippen LogP) is 4.18. The van der Waals surface area contributed by atoms with Gasteiger partial charge < -0.3 is 15.1 Å². The molecule has 6 nitrogen and oxygen atoms in total. The van der Waals surface area contributed by atoms with Gasteiger partial charge in [0.1, 0.15) is 5.82 Å². The zero-order valence-corrected chi connectivity index (χ0v) is 19.2. The Balaban J connectivity index is 1.25. The smallest absolute Gasteiger partial charge is 0.228 e. The number of aromatic nitrogens is 2. The molecule has 0 radical (unpaired) electrons. The Labute approximate surface area is 192 Å². The van der Waals surface area contributed by atoms with Gasteiger partial charge in [-0.05, 0) is 56.7 Å². The van der Waals surface area contributed by atoms with Crippen molar-refractivity contribution in [2.75, 3.05) is 36.4 Å². The minimum Gasteiger partial charge on any atom is -0.367 e. The first kappa shape index (κ1) is 19.9. The Bertz CT molecular complexity index is 995. The second kappa shape index (κ2) is 8.00. The number of hydrogen-bond acceptors (Lipinski definition) is 6. The highest BCUT2D eigenvalue weighted by Crippen LogP contribution is 2.44. The normalized spacial score (nSPS) is 28.2. The molecule has 2 unspecified atom stereocenters. The van der Waals surface area contributed by atoms with Gasteiger partial charge in [-0.15, -0.1) is 0 Å². The maximum Gasteiger partial charge on any atom is 0.228 e. The third-order valence-corrected chi connectivity index (χ3v) is 8.94. The molecule has 1 aliphatic carbocycles. The van der Waals surface area contributed by atoms with Gasteiger partial charge in [0.15, 0.2) is 0 Å². The largest absolute Gasteiger partial charge is 0.367 e. The molecule has 4 heterocycles. The van der Waals surface area contributed by atoms with Gasteiger partial charge in [0, 0.05) is 59.0 Å². The highest BCUT2D eigenvalue weighted by Gasteiger charge is 2.36. The fraction of sp³-hybridized carbons (Fsp3) is 0.609. The molecule has 2 atom stereocenters. The molecule has 1 aromatic heterocycles. The van der Waals surface area contributed by atoms with Crippen LogP contribution in [-0.4, -0.2) is 63.5 Å². The number of nitrogens with zero attached hydrogens (tertiary/aromatic N) is 4. The standard InChI is InChI=1S/C23H28ClN5OS/c24-15-3-6-20-19(11-15)21(25-16-12-17-4-5-18(13-16)31-17)27-23(26-20)29-9-7-28(8-10-29)22(30)14-1-2-14/h3,6,11,14,16-18H,1-2,4-5,7-10,12-13H2,(H,25,26,27). The zero-order chi connectivity index (χ0) is 20.9. The van der Waals surface area contributed by atoms with E-state index in [-0.39, 0.29) is 5.92 Å². The second-order valence-corrected chi connectivity index (χ2v) is 11.4. The van der Waals surface area contributed by atoms with Crippen LogP contribution in [0.25, 0.3) is 10.9 Å². The van der Waals surface area contributed by atoms with E-state index in [1.807, 2.05) is 23.1 Å². The third-order valence-electron chi connectivity index (χ3n) is 7.08. The Morgan fingerprint density at radius 2 is 1.77 bits per heavy atom. The Morgan fingerprint density at radius 3 is 2.48 bits per heavy atom. The SMILES string of the molecule is O=C(C1CC1)N1CCN(c2nc(NC3CC4CCC(C3)S4)c3cc(Cl)ccc3n2)CC1. The number of carbonyl (C=O) groups is 1. The van der Waals surface area contributed by atoms with Crippen LogP contribution in [0.4, 0.5) is 11.8 Å². The summed E-state index contributed by atoms with van der Waals surface area (Å²) in [6.45, 7) is 3.06. The van der Waals surface area contributed by atoms with Crippen LogP contribution < -0.4 is 10.2 Å². The number of rotatable bonds is 4. The maximum absolute atomic E-state index is 12.4. The minimum absolute atomic E-state index is 0.285. The maximum atomic E-state index is 12.4. The average molecular weight is 458 g/mol. The highest BCUT2D eigenvalue weighted by molar-refractivity contribution is 8.00. The fourth-order valence-electron chi connectivity index (χ4n) is 5.22. The Hall–Kier alpha value is -1.73.